The molecule has 0 aliphatic heterocycles. The third-order valence-electron chi connectivity index (χ3n) is 2.97. The summed E-state index contributed by atoms with van der Waals surface area (Å²) in [6.07, 6.45) is 0. The molecule has 0 fully saturated rings. The maximum Gasteiger partial charge on any atom is 0.376 e. The van der Waals surface area contributed by atoms with E-state index >= 15 is 0 Å². The monoisotopic (exact) mass is 273 g/mol. The van der Waals surface area contributed by atoms with Crippen molar-refractivity contribution in [2.75, 3.05) is 7.11 Å². The highest BCUT2D eigenvalue weighted by Crippen LogP contribution is 2.30. The molecule has 1 heterocycles. The molecular weight excluding hydrogens is 254 g/mol. The summed E-state index contributed by atoms with van der Waals surface area (Å²) in [5.74, 6) is 0.122. The van der Waals surface area contributed by atoms with Crippen molar-refractivity contribution in [3.05, 3.63) is 41.3 Å². The lowest BCUT2D eigenvalue weighted by molar-refractivity contribution is 0.0562. The smallest absolute Gasteiger partial charge is 0.376 e. The summed E-state index contributed by atoms with van der Waals surface area (Å²) in [4.78, 5) is 16.3. The molecule has 0 aliphatic carbocycles. The van der Waals surface area contributed by atoms with Crippen LogP contribution in [0.3, 0.4) is 0 Å². The lowest BCUT2D eigenvalue weighted by Gasteiger charge is -2.15. The second kappa shape index (κ2) is 5.12. The van der Waals surface area contributed by atoms with Crippen LogP contribution in [0.15, 0.2) is 28.7 Å². The average Bonchev–Trinajstić information content (AvgIpc) is 2.82. The molecule has 2 rings (SSSR count). The minimum Gasteiger partial charge on any atom is -0.463 e. The summed E-state index contributed by atoms with van der Waals surface area (Å²) in [6, 6.07) is 7.81. The molecule has 0 unspecified atom stereocenters. The lowest BCUT2D eigenvalue weighted by Crippen LogP contribution is -2.17. The van der Waals surface area contributed by atoms with Crippen LogP contribution in [0.1, 0.15) is 42.6 Å². The first-order valence-electron chi connectivity index (χ1n) is 6.49. The van der Waals surface area contributed by atoms with Gasteiger partial charge in [-0.15, -0.1) is 0 Å². The van der Waals surface area contributed by atoms with Gasteiger partial charge in [0.05, 0.1) is 7.11 Å². The maximum absolute atomic E-state index is 11.8. The summed E-state index contributed by atoms with van der Waals surface area (Å²) in [6.45, 7) is 7.95. The number of carbonyl (C=O) groups is 1. The van der Waals surface area contributed by atoms with Gasteiger partial charge in [-0.2, -0.15) is 0 Å². The molecule has 0 aliphatic rings. The normalized spacial score (nSPS) is 11.4. The summed E-state index contributed by atoms with van der Waals surface area (Å²) in [5.41, 5.74) is 2.28. The molecule has 4 heteroatoms. The minimum atomic E-state index is -0.499. The fourth-order valence-corrected chi connectivity index (χ4v) is 1.96. The van der Waals surface area contributed by atoms with Crippen LogP contribution in [0.25, 0.3) is 11.5 Å². The molecule has 4 nitrogen and oxygen atoms in total. The van der Waals surface area contributed by atoms with E-state index in [9.17, 15) is 4.79 Å². The van der Waals surface area contributed by atoms with Gasteiger partial charge in [0, 0.05) is 11.0 Å². The topological polar surface area (TPSA) is 52.3 Å². The predicted octanol–water partition coefficient (Wildman–Crippen LogP) is 3.73. The van der Waals surface area contributed by atoms with Gasteiger partial charge in [-0.25, -0.2) is 9.78 Å². The van der Waals surface area contributed by atoms with Crippen molar-refractivity contribution in [2.24, 2.45) is 0 Å². The average molecular weight is 273 g/mol. The summed E-state index contributed by atoms with van der Waals surface area (Å²) in [5, 5.41) is 0. The van der Waals surface area contributed by atoms with Crippen molar-refractivity contribution < 1.29 is 13.9 Å². The predicted molar refractivity (Wildman–Crippen MR) is 76.7 cm³/mol. The van der Waals surface area contributed by atoms with E-state index in [2.05, 4.69) is 4.98 Å². The van der Waals surface area contributed by atoms with Crippen molar-refractivity contribution in [3.8, 4) is 11.5 Å². The standard InChI is InChI=1S/C16H19NO3/c1-10-7-6-8-11(9-10)14-17-13(16(2,3)4)12(20-14)15(18)19-5/h6-9H,1-5H3. The number of esters is 1. The van der Waals surface area contributed by atoms with Gasteiger partial charge >= 0.3 is 5.97 Å². The zero-order valence-corrected chi connectivity index (χ0v) is 12.5. The quantitative estimate of drug-likeness (QED) is 0.782. The number of ether oxygens (including phenoxy) is 1. The number of methoxy groups -OCH3 is 1. The van der Waals surface area contributed by atoms with E-state index in [1.54, 1.807) is 0 Å². The van der Waals surface area contributed by atoms with Gasteiger partial charge in [0.2, 0.25) is 11.7 Å². The molecule has 1 aromatic heterocycles. The Labute approximate surface area is 118 Å². The van der Waals surface area contributed by atoms with Crippen molar-refractivity contribution in [3.63, 3.8) is 0 Å². The minimum absolute atomic E-state index is 0.177. The molecule has 0 saturated carbocycles. The Hall–Kier alpha value is -2.10. The zero-order valence-electron chi connectivity index (χ0n) is 12.5. The van der Waals surface area contributed by atoms with E-state index in [0.717, 1.165) is 11.1 Å². The van der Waals surface area contributed by atoms with Gasteiger partial charge < -0.3 is 9.15 Å². The largest absolute Gasteiger partial charge is 0.463 e. The highest BCUT2D eigenvalue weighted by molar-refractivity contribution is 5.88. The number of hydrogen-bond acceptors (Lipinski definition) is 4. The van der Waals surface area contributed by atoms with Gasteiger partial charge in [-0.1, -0.05) is 38.5 Å². The van der Waals surface area contributed by atoms with Crippen molar-refractivity contribution in [2.45, 2.75) is 33.1 Å². The van der Waals surface area contributed by atoms with E-state index in [1.807, 2.05) is 52.0 Å². The number of aryl methyl sites for hydroxylation is 1. The van der Waals surface area contributed by atoms with E-state index in [0.29, 0.717) is 11.6 Å². The van der Waals surface area contributed by atoms with Crippen LogP contribution in [-0.4, -0.2) is 18.1 Å². The fraction of sp³-hybridized carbons (Fsp3) is 0.375. The molecule has 0 radical (unpaired) electrons. The van der Waals surface area contributed by atoms with E-state index in [1.165, 1.54) is 7.11 Å². The Morgan fingerprint density at radius 1 is 1.30 bits per heavy atom. The number of oxazole rings is 1. The van der Waals surface area contributed by atoms with Crippen molar-refractivity contribution >= 4 is 5.97 Å². The number of rotatable bonds is 2. The second-order valence-electron chi connectivity index (χ2n) is 5.81. The third kappa shape index (κ3) is 2.74. The summed E-state index contributed by atoms with van der Waals surface area (Å²) >= 11 is 0. The molecular formula is C16H19NO3. The van der Waals surface area contributed by atoms with E-state index in [4.69, 9.17) is 9.15 Å². The Morgan fingerprint density at radius 3 is 2.55 bits per heavy atom. The SMILES string of the molecule is COC(=O)c1oc(-c2cccc(C)c2)nc1C(C)(C)C. The van der Waals surface area contributed by atoms with Gasteiger partial charge in [-0.3, -0.25) is 0 Å². The fourth-order valence-electron chi connectivity index (χ4n) is 1.96. The van der Waals surface area contributed by atoms with E-state index < -0.39 is 5.97 Å². The molecule has 0 bridgehead atoms. The molecule has 106 valence electrons. The van der Waals surface area contributed by atoms with Crippen molar-refractivity contribution in [1.29, 1.82) is 0 Å². The van der Waals surface area contributed by atoms with Gasteiger partial charge in [0.25, 0.3) is 0 Å². The van der Waals surface area contributed by atoms with E-state index in [-0.39, 0.29) is 11.2 Å². The molecule has 0 atom stereocenters. The number of aromatic nitrogens is 1. The van der Waals surface area contributed by atoms with Crippen LogP contribution in [0.4, 0.5) is 0 Å². The number of benzene rings is 1. The lowest BCUT2D eigenvalue weighted by atomic mass is 9.91. The van der Waals surface area contributed by atoms with Crippen molar-refractivity contribution in [1.82, 2.24) is 4.98 Å². The molecule has 0 spiro atoms. The highest BCUT2D eigenvalue weighted by atomic mass is 16.5. The zero-order chi connectivity index (χ0) is 14.9. The maximum atomic E-state index is 11.8. The molecule has 0 amide bonds. The first-order chi connectivity index (χ1) is 9.32. The number of carbonyl (C=O) groups excluding carboxylic acids is 1. The van der Waals surface area contributed by atoms with Crippen LogP contribution >= 0.6 is 0 Å². The van der Waals surface area contributed by atoms with Crippen LogP contribution < -0.4 is 0 Å². The Bertz CT molecular complexity index is 635. The summed E-state index contributed by atoms with van der Waals surface area (Å²) < 4.78 is 10.4. The molecule has 1 aromatic carbocycles. The summed E-state index contributed by atoms with van der Waals surface area (Å²) in [7, 11) is 1.34. The van der Waals surface area contributed by atoms with Crippen LogP contribution in [0, 0.1) is 6.92 Å². The molecule has 20 heavy (non-hydrogen) atoms. The van der Waals surface area contributed by atoms with Crippen LogP contribution in [0.2, 0.25) is 0 Å². The van der Waals surface area contributed by atoms with Crippen LogP contribution in [-0.2, 0) is 10.2 Å². The Kier molecular flexibility index (Phi) is 3.66. The Morgan fingerprint density at radius 2 is 2.00 bits per heavy atom. The number of nitrogens with zero attached hydrogens (tertiary/aromatic N) is 1. The first kappa shape index (κ1) is 14.3. The first-order valence-corrected chi connectivity index (χ1v) is 6.49. The third-order valence-corrected chi connectivity index (χ3v) is 2.97. The second-order valence-corrected chi connectivity index (χ2v) is 5.81. The van der Waals surface area contributed by atoms with Gasteiger partial charge in [0.15, 0.2) is 0 Å². The molecule has 0 saturated heterocycles. The number of hydrogen-bond donors (Lipinski definition) is 0. The highest BCUT2D eigenvalue weighted by Gasteiger charge is 2.29. The molecule has 2 aromatic rings. The molecule has 0 N–H and O–H groups in total. The Balaban J connectivity index is 2.57. The van der Waals surface area contributed by atoms with Gasteiger partial charge in [0.1, 0.15) is 5.69 Å². The van der Waals surface area contributed by atoms with Crippen LogP contribution in [0.5, 0.6) is 0 Å². The van der Waals surface area contributed by atoms with Gasteiger partial charge in [-0.05, 0) is 19.1 Å².